The summed E-state index contributed by atoms with van der Waals surface area (Å²) in [5, 5.41) is 14.5. The number of benzene rings is 4. The van der Waals surface area contributed by atoms with Crippen molar-refractivity contribution in [3.63, 3.8) is 0 Å². The fourth-order valence-corrected chi connectivity index (χ4v) is 6.05. The molecule has 1 unspecified atom stereocenters. The molecule has 0 saturated heterocycles. The number of aromatic amines is 1. The molecule has 0 bridgehead atoms. The summed E-state index contributed by atoms with van der Waals surface area (Å²) in [5.41, 5.74) is 5.96. The number of hydrogen-bond donors (Lipinski definition) is 1. The lowest BCUT2D eigenvalue weighted by molar-refractivity contribution is 0.533. The Morgan fingerprint density at radius 3 is 2.13 bits per heavy atom. The first-order chi connectivity index (χ1) is 22.5. The lowest BCUT2D eigenvalue weighted by Gasteiger charge is -2.18. The first-order valence-electron chi connectivity index (χ1n) is 15.2. The molecule has 10 heteroatoms. The quantitative estimate of drug-likeness (QED) is 0.234. The first-order valence-corrected chi connectivity index (χ1v) is 15.2. The van der Waals surface area contributed by atoms with E-state index >= 15 is 0 Å². The standard InChI is InChI=1S/C36H32N8O2/c1-24(28-13-7-4-8-14-28)44-35(45)32-34(42(36(44)46)22-21-26-11-5-3-6-12-26)37-25(2)43(32)23-27-17-19-29(20-18-27)30-15-9-10-16-31(30)33-38-40-41-39-33/h3-20,24H,21-23H2,1-2H3,(H,38,39,40,41). The van der Waals surface area contributed by atoms with E-state index in [1.807, 2.05) is 128 Å². The van der Waals surface area contributed by atoms with Crippen molar-refractivity contribution < 1.29 is 0 Å². The number of H-pyrrole nitrogens is 1. The van der Waals surface area contributed by atoms with E-state index in [0.29, 0.717) is 42.3 Å². The van der Waals surface area contributed by atoms with E-state index in [0.717, 1.165) is 33.4 Å². The van der Waals surface area contributed by atoms with E-state index in [1.165, 1.54) is 4.57 Å². The van der Waals surface area contributed by atoms with E-state index in [1.54, 1.807) is 4.57 Å². The fraction of sp³-hybridized carbons (Fsp3) is 0.167. The van der Waals surface area contributed by atoms with Crippen LogP contribution >= 0.6 is 0 Å². The van der Waals surface area contributed by atoms with Crippen molar-refractivity contribution >= 4 is 11.2 Å². The zero-order valence-corrected chi connectivity index (χ0v) is 25.5. The molecule has 7 aromatic rings. The molecule has 4 aromatic carbocycles. The summed E-state index contributed by atoms with van der Waals surface area (Å²) < 4.78 is 4.95. The highest BCUT2D eigenvalue weighted by atomic mass is 16.2. The minimum absolute atomic E-state index is 0.349. The Labute approximate surface area is 264 Å². The first kappa shape index (κ1) is 28.8. The summed E-state index contributed by atoms with van der Waals surface area (Å²) >= 11 is 0. The van der Waals surface area contributed by atoms with Gasteiger partial charge >= 0.3 is 5.69 Å². The highest BCUT2D eigenvalue weighted by Crippen LogP contribution is 2.30. The molecule has 3 heterocycles. The maximum absolute atomic E-state index is 14.3. The van der Waals surface area contributed by atoms with E-state index in [-0.39, 0.29) is 11.2 Å². The van der Waals surface area contributed by atoms with Crippen LogP contribution in [0.25, 0.3) is 33.7 Å². The van der Waals surface area contributed by atoms with Crippen LogP contribution in [0.4, 0.5) is 0 Å². The molecule has 1 N–H and O–H groups in total. The molecule has 46 heavy (non-hydrogen) atoms. The van der Waals surface area contributed by atoms with Gasteiger partial charge in [-0.05, 0) is 53.3 Å². The van der Waals surface area contributed by atoms with Gasteiger partial charge in [0.25, 0.3) is 5.56 Å². The predicted molar refractivity (Wildman–Crippen MR) is 178 cm³/mol. The molecule has 0 saturated carbocycles. The molecule has 0 amide bonds. The van der Waals surface area contributed by atoms with Crippen LogP contribution in [0.3, 0.4) is 0 Å². The van der Waals surface area contributed by atoms with Crippen molar-refractivity contribution in [1.29, 1.82) is 0 Å². The van der Waals surface area contributed by atoms with Gasteiger partial charge in [-0.1, -0.05) is 109 Å². The zero-order chi connectivity index (χ0) is 31.6. The summed E-state index contributed by atoms with van der Waals surface area (Å²) in [4.78, 5) is 33.2. The second-order valence-electron chi connectivity index (χ2n) is 11.3. The Hall–Kier alpha value is -5.90. The number of rotatable bonds is 9. The minimum atomic E-state index is -0.462. The molecule has 0 fully saturated rings. The second-order valence-corrected chi connectivity index (χ2v) is 11.3. The second kappa shape index (κ2) is 12.2. The van der Waals surface area contributed by atoms with E-state index in [9.17, 15) is 9.59 Å². The van der Waals surface area contributed by atoms with Crippen LogP contribution in [-0.4, -0.2) is 39.3 Å². The van der Waals surface area contributed by atoms with E-state index in [2.05, 4.69) is 20.6 Å². The largest absolute Gasteiger partial charge is 0.333 e. The number of fused-ring (bicyclic) bond motifs is 1. The topological polar surface area (TPSA) is 116 Å². The maximum Gasteiger partial charge on any atom is 0.333 e. The third kappa shape index (κ3) is 5.34. The molecule has 0 radical (unpaired) electrons. The molecule has 1 atom stereocenters. The number of imidazole rings is 1. The van der Waals surface area contributed by atoms with Gasteiger partial charge in [0.1, 0.15) is 5.82 Å². The average Bonchev–Trinajstić information content (AvgIpc) is 3.74. The van der Waals surface area contributed by atoms with Crippen LogP contribution in [0, 0.1) is 6.92 Å². The van der Waals surface area contributed by atoms with Gasteiger partial charge in [-0.2, -0.15) is 5.21 Å². The third-order valence-corrected chi connectivity index (χ3v) is 8.51. The van der Waals surface area contributed by atoms with Gasteiger partial charge in [0.2, 0.25) is 5.82 Å². The predicted octanol–water partition coefficient (Wildman–Crippen LogP) is 5.42. The minimum Gasteiger partial charge on any atom is -0.318 e. The molecule has 0 aliphatic rings. The molecule has 228 valence electrons. The molecule has 0 spiro atoms. The summed E-state index contributed by atoms with van der Waals surface area (Å²) in [6, 6.07) is 35.3. The summed E-state index contributed by atoms with van der Waals surface area (Å²) in [6.07, 6.45) is 0.631. The number of aryl methyl sites for hydroxylation is 3. The van der Waals surface area contributed by atoms with Crippen LogP contribution in [-0.2, 0) is 19.5 Å². The molecular weight excluding hydrogens is 576 g/mol. The smallest absolute Gasteiger partial charge is 0.318 e. The van der Waals surface area contributed by atoms with Crippen molar-refractivity contribution in [3.8, 4) is 22.5 Å². The summed E-state index contributed by atoms with van der Waals surface area (Å²) in [5.74, 6) is 1.19. The average molecular weight is 609 g/mol. The van der Waals surface area contributed by atoms with Gasteiger partial charge in [0.05, 0.1) is 6.04 Å². The lowest BCUT2D eigenvalue weighted by Crippen LogP contribution is -2.42. The van der Waals surface area contributed by atoms with Gasteiger partial charge in [-0.3, -0.25) is 13.9 Å². The van der Waals surface area contributed by atoms with Gasteiger partial charge < -0.3 is 4.57 Å². The van der Waals surface area contributed by atoms with Crippen molar-refractivity contribution in [2.24, 2.45) is 0 Å². The van der Waals surface area contributed by atoms with Crippen LogP contribution < -0.4 is 11.2 Å². The van der Waals surface area contributed by atoms with Crippen molar-refractivity contribution in [2.45, 2.75) is 39.4 Å². The lowest BCUT2D eigenvalue weighted by atomic mass is 9.98. The maximum atomic E-state index is 14.3. The number of nitrogens with zero attached hydrogens (tertiary/aromatic N) is 7. The van der Waals surface area contributed by atoms with Crippen LogP contribution in [0.1, 0.15) is 35.5 Å². The van der Waals surface area contributed by atoms with Crippen molar-refractivity contribution in [3.05, 3.63) is 153 Å². The summed E-state index contributed by atoms with van der Waals surface area (Å²) in [6.45, 7) is 4.59. The Morgan fingerprint density at radius 1 is 0.761 bits per heavy atom. The number of tetrazole rings is 1. The number of nitrogens with one attached hydrogen (secondary N) is 1. The highest BCUT2D eigenvalue weighted by Gasteiger charge is 2.24. The molecule has 3 aromatic heterocycles. The molecular formula is C36H32N8O2. The van der Waals surface area contributed by atoms with E-state index in [4.69, 9.17) is 4.98 Å². The van der Waals surface area contributed by atoms with Gasteiger partial charge in [-0.15, -0.1) is 10.2 Å². The highest BCUT2D eigenvalue weighted by molar-refractivity contribution is 5.80. The summed E-state index contributed by atoms with van der Waals surface area (Å²) in [7, 11) is 0. The van der Waals surface area contributed by atoms with Crippen molar-refractivity contribution in [1.82, 2.24) is 39.3 Å². The molecule has 10 nitrogen and oxygen atoms in total. The van der Waals surface area contributed by atoms with E-state index < -0.39 is 6.04 Å². The number of aromatic nitrogens is 8. The molecule has 7 rings (SSSR count). The SMILES string of the molecule is Cc1nc2c(c(=O)n(C(C)c3ccccc3)c(=O)n2CCc2ccccc2)n1Cc1ccc(-c2ccccc2-c2nn[nH]n2)cc1. The molecule has 0 aliphatic carbocycles. The van der Waals surface area contributed by atoms with Crippen LogP contribution in [0.2, 0.25) is 0 Å². The van der Waals surface area contributed by atoms with Crippen LogP contribution in [0.15, 0.2) is 119 Å². The monoisotopic (exact) mass is 608 g/mol. The Kier molecular flexibility index (Phi) is 7.67. The Balaban J connectivity index is 1.30. The molecule has 0 aliphatic heterocycles. The number of hydrogen-bond acceptors (Lipinski definition) is 6. The third-order valence-electron chi connectivity index (χ3n) is 8.51. The van der Waals surface area contributed by atoms with Crippen LogP contribution in [0.5, 0.6) is 0 Å². The van der Waals surface area contributed by atoms with Crippen molar-refractivity contribution in [2.75, 3.05) is 0 Å². The van der Waals surface area contributed by atoms with Gasteiger partial charge in [0.15, 0.2) is 11.2 Å². The van der Waals surface area contributed by atoms with Gasteiger partial charge in [-0.25, -0.2) is 9.78 Å². The Morgan fingerprint density at radius 2 is 1.43 bits per heavy atom. The zero-order valence-electron chi connectivity index (χ0n) is 25.5. The fourth-order valence-electron chi connectivity index (χ4n) is 6.05. The Bertz CT molecular complexity index is 2230. The van der Waals surface area contributed by atoms with Gasteiger partial charge in [0, 0.05) is 18.7 Å². The normalized spacial score (nSPS) is 12.0.